The monoisotopic (exact) mass is 369 g/mol. The molecule has 6 heteroatoms. The highest BCUT2D eigenvalue weighted by molar-refractivity contribution is 9.10. The molecule has 0 saturated carbocycles. The number of hydrogen-bond donors (Lipinski definition) is 1. The van der Waals surface area contributed by atoms with Crippen molar-refractivity contribution in [3.63, 3.8) is 0 Å². The molecular formula is C16H20BrNO4. The van der Waals surface area contributed by atoms with E-state index < -0.39 is 17.7 Å². The number of carboxylic acids is 1. The van der Waals surface area contributed by atoms with E-state index in [4.69, 9.17) is 19.8 Å². The lowest BCUT2D eigenvalue weighted by molar-refractivity contribution is -0.221. The SMILES string of the molecule is COC(CCC[C@@H](C)C(=O)O)(OC)c1cc(Br)cc(C#N)c1. The number of carboxylic acid groups (broad SMARTS) is 1. The van der Waals surface area contributed by atoms with Crippen LogP contribution < -0.4 is 0 Å². The molecule has 1 atom stereocenters. The van der Waals surface area contributed by atoms with Gasteiger partial charge in [-0.3, -0.25) is 4.79 Å². The predicted molar refractivity (Wildman–Crippen MR) is 85.2 cm³/mol. The van der Waals surface area contributed by atoms with E-state index in [0.717, 1.165) is 10.0 Å². The Morgan fingerprint density at radius 3 is 2.55 bits per heavy atom. The third-order valence-electron chi connectivity index (χ3n) is 3.69. The van der Waals surface area contributed by atoms with Gasteiger partial charge in [-0.25, -0.2) is 0 Å². The van der Waals surface area contributed by atoms with E-state index in [1.165, 1.54) is 14.2 Å². The van der Waals surface area contributed by atoms with Crippen LogP contribution in [0.25, 0.3) is 0 Å². The molecule has 22 heavy (non-hydrogen) atoms. The van der Waals surface area contributed by atoms with E-state index in [2.05, 4.69) is 22.0 Å². The molecule has 0 aromatic heterocycles. The molecule has 0 aliphatic rings. The first kappa shape index (κ1) is 18.6. The summed E-state index contributed by atoms with van der Waals surface area (Å²) in [5, 5.41) is 18.0. The maximum atomic E-state index is 10.9. The summed E-state index contributed by atoms with van der Waals surface area (Å²) in [5.74, 6) is -2.22. The summed E-state index contributed by atoms with van der Waals surface area (Å²) in [6, 6.07) is 7.38. The van der Waals surface area contributed by atoms with Gasteiger partial charge in [0.2, 0.25) is 0 Å². The number of nitriles is 1. The summed E-state index contributed by atoms with van der Waals surface area (Å²) in [6.45, 7) is 1.68. The van der Waals surface area contributed by atoms with E-state index in [-0.39, 0.29) is 0 Å². The highest BCUT2D eigenvalue weighted by Gasteiger charge is 2.32. The van der Waals surface area contributed by atoms with Crippen LogP contribution in [0.5, 0.6) is 0 Å². The molecule has 0 amide bonds. The second-order valence-electron chi connectivity index (χ2n) is 5.13. The number of carbonyl (C=O) groups is 1. The summed E-state index contributed by atoms with van der Waals surface area (Å²) < 4.78 is 11.9. The van der Waals surface area contributed by atoms with Gasteiger partial charge in [-0.05, 0) is 31.0 Å². The van der Waals surface area contributed by atoms with Gasteiger partial charge < -0.3 is 14.6 Å². The van der Waals surface area contributed by atoms with Crippen LogP contribution in [0.1, 0.15) is 37.3 Å². The van der Waals surface area contributed by atoms with Crippen LogP contribution >= 0.6 is 15.9 Å². The predicted octanol–water partition coefficient (Wildman–Crippen LogP) is 3.66. The second-order valence-corrected chi connectivity index (χ2v) is 6.05. The van der Waals surface area contributed by atoms with Gasteiger partial charge in [0.15, 0.2) is 5.79 Å². The molecule has 0 saturated heterocycles. The van der Waals surface area contributed by atoms with Gasteiger partial charge in [-0.1, -0.05) is 22.9 Å². The van der Waals surface area contributed by atoms with Crippen molar-refractivity contribution >= 4 is 21.9 Å². The van der Waals surface area contributed by atoms with Crippen LogP contribution in [0.15, 0.2) is 22.7 Å². The number of rotatable bonds is 8. The lowest BCUT2D eigenvalue weighted by Crippen LogP contribution is -2.31. The average Bonchev–Trinajstić information content (AvgIpc) is 2.50. The molecular weight excluding hydrogens is 350 g/mol. The number of halogens is 1. The smallest absolute Gasteiger partial charge is 0.306 e. The van der Waals surface area contributed by atoms with Crippen LogP contribution in [0.4, 0.5) is 0 Å². The number of aliphatic carboxylic acids is 1. The summed E-state index contributed by atoms with van der Waals surface area (Å²) in [5.41, 5.74) is 1.23. The Hall–Kier alpha value is -1.42. The van der Waals surface area contributed by atoms with Crippen LogP contribution in [0.3, 0.4) is 0 Å². The fourth-order valence-corrected chi connectivity index (χ4v) is 2.80. The third kappa shape index (κ3) is 4.54. The zero-order chi connectivity index (χ0) is 16.8. The first-order valence-corrected chi connectivity index (χ1v) is 7.72. The molecule has 1 aromatic carbocycles. The second kappa shape index (κ2) is 8.28. The van der Waals surface area contributed by atoms with Crippen LogP contribution in [-0.4, -0.2) is 25.3 Å². The summed E-state index contributed by atoms with van der Waals surface area (Å²) in [4.78, 5) is 10.9. The van der Waals surface area contributed by atoms with Crippen molar-refractivity contribution in [1.29, 1.82) is 5.26 Å². The normalized spacial score (nSPS) is 12.7. The van der Waals surface area contributed by atoms with Gasteiger partial charge in [-0.2, -0.15) is 5.26 Å². The first-order valence-electron chi connectivity index (χ1n) is 6.92. The van der Waals surface area contributed by atoms with E-state index in [1.54, 1.807) is 19.1 Å². The molecule has 0 unspecified atom stereocenters. The van der Waals surface area contributed by atoms with Crippen molar-refractivity contribution in [2.75, 3.05) is 14.2 Å². The van der Waals surface area contributed by atoms with Crippen LogP contribution in [0.2, 0.25) is 0 Å². The molecule has 0 fully saturated rings. The quantitative estimate of drug-likeness (QED) is 0.707. The number of hydrogen-bond acceptors (Lipinski definition) is 4. The zero-order valence-electron chi connectivity index (χ0n) is 12.9. The van der Waals surface area contributed by atoms with Crippen molar-refractivity contribution in [2.24, 2.45) is 5.92 Å². The lowest BCUT2D eigenvalue weighted by Gasteiger charge is -2.32. The fourth-order valence-electron chi connectivity index (χ4n) is 2.31. The summed E-state index contributed by atoms with van der Waals surface area (Å²) in [7, 11) is 3.08. The average molecular weight is 370 g/mol. The van der Waals surface area contributed by atoms with E-state index in [1.807, 2.05) is 6.07 Å². The Bertz CT molecular complexity index is 564. The topological polar surface area (TPSA) is 79.6 Å². The molecule has 120 valence electrons. The molecule has 0 aliphatic heterocycles. The van der Waals surface area contributed by atoms with Gasteiger partial charge in [-0.15, -0.1) is 0 Å². The minimum atomic E-state index is -0.992. The number of benzene rings is 1. The highest BCUT2D eigenvalue weighted by Crippen LogP contribution is 2.34. The highest BCUT2D eigenvalue weighted by atomic mass is 79.9. The van der Waals surface area contributed by atoms with Crippen LogP contribution in [-0.2, 0) is 20.1 Å². The summed E-state index contributed by atoms with van der Waals surface area (Å²) in [6.07, 6.45) is 1.66. The Kier molecular flexibility index (Phi) is 7.01. The molecule has 0 spiro atoms. The zero-order valence-corrected chi connectivity index (χ0v) is 14.5. The lowest BCUT2D eigenvalue weighted by atomic mass is 9.95. The van der Waals surface area contributed by atoms with Crippen molar-refractivity contribution in [1.82, 2.24) is 0 Å². The van der Waals surface area contributed by atoms with Gasteiger partial charge in [0.1, 0.15) is 0 Å². The molecule has 0 heterocycles. The molecule has 0 radical (unpaired) electrons. The minimum Gasteiger partial charge on any atom is -0.481 e. The molecule has 0 bridgehead atoms. The van der Waals surface area contributed by atoms with Crippen molar-refractivity contribution < 1.29 is 19.4 Å². The standard InChI is InChI=1S/C16H20BrNO4/c1-11(15(19)20)5-4-6-16(21-2,22-3)13-7-12(10-18)8-14(17)9-13/h7-9,11H,4-6H2,1-3H3,(H,19,20)/t11-/m1/s1. The van der Waals surface area contributed by atoms with Crippen LogP contribution in [0, 0.1) is 17.2 Å². The van der Waals surface area contributed by atoms with Crippen molar-refractivity contribution in [2.45, 2.75) is 32.0 Å². The Balaban J connectivity index is 2.98. The molecule has 0 aliphatic carbocycles. The van der Waals surface area contributed by atoms with Crippen molar-refractivity contribution in [3.8, 4) is 6.07 Å². The van der Waals surface area contributed by atoms with E-state index >= 15 is 0 Å². The third-order valence-corrected chi connectivity index (χ3v) is 4.15. The van der Waals surface area contributed by atoms with Gasteiger partial charge in [0, 0.05) is 30.7 Å². The number of ether oxygens (including phenoxy) is 2. The maximum Gasteiger partial charge on any atom is 0.306 e. The largest absolute Gasteiger partial charge is 0.481 e. The minimum absolute atomic E-state index is 0.413. The molecule has 1 rings (SSSR count). The molecule has 1 N–H and O–H groups in total. The van der Waals surface area contributed by atoms with Gasteiger partial charge in [0.05, 0.1) is 17.6 Å². The first-order chi connectivity index (χ1) is 10.4. The Morgan fingerprint density at radius 2 is 2.05 bits per heavy atom. The Labute approximate surface area is 139 Å². The number of methoxy groups -OCH3 is 2. The van der Waals surface area contributed by atoms with Gasteiger partial charge >= 0.3 is 5.97 Å². The van der Waals surface area contributed by atoms with E-state index in [0.29, 0.717) is 24.8 Å². The molecule has 1 aromatic rings. The summed E-state index contributed by atoms with van der Waals surface area (Å²) >= 11 is 3.38. The van der Waals surface area contributed by atoms with E-state index in [9.17, 15) is 4.79 Å². The fraction of sp³-hybridized carbons (Fsp3) is 0.500. The number of nitrogens with zero attached hydrogens (tertiary/aromatic N) is 1. The van der Waals surface area contributed by atoms with Crippen molar-refractivity contribution in [3.05, 3.63) is 33.8 Å². The van der Waals surface area contributed by atoms with Gasteiger partial charge in [0.25, 0.3) is 0 Å². The Morgan fingerprint density at radius 1 is 1.41 bits per heavy atom. The maximum absolute atomic E-state index is 10.9. The molecule has 5 nitrogen and oxygen atoms in total.